The molecule has 0 saturated carbocycles. The second kappa shape index (κ2) is 42.8. The molecule has 0 rings (SSSR count). The van der Waals surface area contributed by atoms with E-state index in [1.54, 1.807) is 0 Å². The van der Waals surface area contributed by atoms with Gasteiger partial charge in [-0.3, -0.25) is 33.6 Å². The molecule has 3 unspecified atom stereocenters. The average molecular weight is 989 g/mol. The number of rotatable bonds is 48. The average Bonchev–Trinajstić information content (AvgIpc) is 3.28. The van der Waals surface area contributed by atoms with Gasteiger partial charge in [0.25, 0.3) is 0 Å². The van der Waals surface area contributed by atoms with E-state index in [0.29, 0.717) is 6.42 Å². The van der Waals surface area contributed by atoms with Crippen molar-refractivity contribution in [1.82, 2.24) is 26.6 Å². The van der Waals surface area contributed by atoms with Gasteiger partial charge in [0.1, 0.15) is 37.1 Å². The SMILES string of the molecule is CC(=O)CCC(NC(=O)COCCOCCNC(=O)COCCOCCNC(=O)CCC(NC(=O)CCC(NC(=O)CCCCCCCCCCCCCCCCC(=O)O)C(N)=O)C(=O)O)C(=O)O. The minimum atomic E-state index is -1.37. The zero-order chi connectivity index (χ0) is 51.5. The molecule has 0 bridgehead atoms. The van der Waals surface area contributed by atoms with Crippen molar-refractivity contribution in [3.8, 4) is 0 Å². The number of aliphatic carboxylic acids is 3. The monoisotopic (exact) mass is 989 g/mol. The molecule has 0 aromatic carbocycles. The van der Waals surface area contributed by atoms with Crippen LogP contribution in [0.4, 0.5) is 0 Å². The summed E-state index contributed by atoms with van der Waals surface area (Å²) < 4.78 is 21.0. The summed E-state index contributed by atoms with van der Waals surface area (Å²) in [6.07, 6.45) is 14.3. The highest BCUT2D eigenvalue weighted by atomic mass is 16.5. The van der Waals surface area contributed by atoms with Gasteiger partial charge in [-0.25, -0.2) is 9.59 Å². The standard InChI is InChI=1S/C46H80N6O17/c1-34(53)18-19-36(45(62)63)52-42(58)33-69-31-29-67-27-25-49-41(57)32-68-30-28-66-26-24-48-38(54)22-21-37(46(64)65)51-40(56)23-20-35(44(47)61)50-39(55)16-14-12-10-8-6-4-2-3-5-7-9-11-13-15-17-43(59)60/h35-37H,2-33H2,1H3,(H2,47,61)(H,48,54)(H,49,57)(H,50,55)(H,51,56)(H,52,58)(H,59,60)(H,62,63)(H,64,65). The first-order chi connectivity index (χ1) is 33.0. The van der Waals surface area contributed by atoms with E-state index in [9.17, 15) is 53.1 Å². The number of carboxylic acid groups (broad SMARTS) is 3. The van der Waals surface area contributed by atoms with Crippen LogP contribution < -0.4 is 32.3 Å². The molecule has 0 aromatic heterocycles. The lowest BCUT2D eigenvalue weighted by Gasteiger charge is -2.17. The number of amides is 6. The van der Waals surface area contributed by atoms with Crippen LogP contribution in [0.1, 0.15) is 148 Å². The van der Waals surface area contributed by atoms with Crippen LogP contribution in [0.15, 0.2) is 0 Å². The normalized spacial score (nSPS) is 12.2. The molecule has 23 nitrogen and oxygen atoms in total. The summed E-state index contributed by atoms with van der Waals surface area (Å²) in [5, 5.41) is 39.7. The Morgan fingerprint density at radius 2 is 0.768 bits per heavy atom. The van der Waals surface area contributed by atoms with Crippen LogP contribution >= 0.6 is 0 Å². The Hall–Kier alpha value is -5.26. The van der Waals surface area contributed by atoms with Gasteiger partial charge in [-0.1, -0.05) is 77.0 Å². The summed E-state index contributed by atoms with van der Waals surface area (Å²) in [5.74, 6) is -6.90. The number of Topliss-reactive ketones (excluding diaryl/α,β-unsaturated/α-hetero) is 1. The van der Waals surface area contributed by atoms with Crippen molar-refractivity contribution in [3.05, 3.63) is 0 Å². The number of carbonyl (C=O) groups excluding carboxylic acids is 7. The van der Waals surface area contributed by atoms with Crippen molar-refractivity contribution in [3.63, 3.8) is 0 Å². The Morgan fingerprint density at radius 1 is 0.406 bits per heavy atom. The summed E-state index contributed by atoms with van der Waals surface area (Å²) in [6.45, 7) is 1.63. The second-order valence-electron chi connectivity index (χ2n) is 16.6. The highest BCUT2D eigenvalue weighted by Crippen LogP contribution is 2.14. The number of nitrogens with one attached hydrogen (secondary N) is 5. The van der Waals surface area contributed by atoms with E-state index < -0.39 is 65.6 Å². The van der Waals surface area contributed by atoms with Crippen LogP contribution in [0, 0.1) is 0 Å². The van der Waals surface area contributed by atoms with Crippen molar-refractivity contribution in [2.24, 2.45) is 5.73 Å². The largest absolute Gasteiger partial charge is 0.481 e. The molecule has 0 aromatic rings. The third kappa shape index (κ3) is 41.4. The van der Waals surface area contributed by atoms with Gasteiger partial charge in [-0.05, 0) is 39.0 Å². The molecule has 0 aliphatic rings. The minimum absolute atomic E-state index is 0.0218. The molecule has 0 spiro atoms. The Kier molecular flexibility index (Phi) is 39.5. The maximum absolute atomic E-state index is 12.6. The maximum atomic E-state index is 12.6. The fourth-order valence-electron chi connectivity index (χ4n) is 6.59. The maximum Gasteiger partial charge on any atom is 0.326 e. The molecule has 10 N–H and O–H groups in total. The quantitative estimate of drug-likeness (QED) is 0.0391. The minimum Gasteiger partial charge on any atom is -0.481 e. The number of hydrogen-bond acceptors (Lipinski definition) is 14. The Labute approximate surface area is 405 Å². The van der Waals surface area contributed by atoms with E-state index >= 15 is 0 Å². The Morgan fingerprint density at radius 3 is 1.23 bits per heavy atom. The van der Waals surface area contributed by atoms with E-state index in [1.807, 2.05) is 0 Å². The lowest BCUT2D eigenvalue weighted by molar-refractivity contribution is -0.143. The van der Waals surface area contributed by atoms with Gasteiger partial charge >= 0.3 is 17.9 Å². The number of primary amides is 1. The van der Waals surface area contributed by atoms with Crippen molar-refractivity contribution in [2.75, 3.05) is 65.9 Å². The predicted octanol–water partition coefficient (Wildman–Crippen LogP) is 1.65. The summed E-state index contributed by atoms with van der Waals surface area (Å²) in [7, 11) is 0. The van der Waals surface area contributed by atoms with Gasteiger partial charge in [0.2, 0.25) is 35.4 Å². The Bertz CT molecular complexity index is 1530. The third-order valence-electron chi connectivity index (χ3n) is 10.4. The van der Waals surface area contributed by atoms with Gasteiger partial charge < -0.3 is 71.4 Å². The molecule has 0 heterocycles. The number of nitrogens with two attached hydrogens (primary N) is 1. The van der Waals surface area contributed by atoms with Crippen molar-refractivity contribution in [1.29, 1.82) is 0 Å². The van der Waals surface area contributed by atoms with E-state index in [1.165, 1.54) is 39.0 Å². The van der Waals surface area contributed by atoms with E-state index in [-0.39, 0.29) is 129 Å². The fourth-order valence-corrected chi connectivity index (χ4v) is 6.59. The highest BCUT2D eigenvalue weighted by Gasteiger charge is 2.24. The first kappa shape index (κ1) is 63.7. The zero-order valence-corrected chi connectivity index (χ0v) is 40.5. The number of ether oxygens (including phenoxy) is 4. The molecule has 3 atom stereocenters. The summed E-state index contributed by atoms with van der Waals surface area (Å²) in [4.78, 5) is 118. The number of carbonyl (C=O) groups is 10. The smallest absolute Gasteiger partial charge is 0.326 e. The summed E-state index contributed by atoms with van der Waals surface area (Å²) >= 11 is 0. The molecule has 0 aliphatic carbocycles. The molecule has 0 radical (unpaired) electrons. The van der Waals surface area contributed by atoms with Crippen LogP contribution in [0.2, 0.25) is 0 Å². The second-order valence-corrected chi connectivity index (χ2v) is 16.6. The number of hydrogen-bond donors (Lipinski definition) is 9. The van der Waals surface area contributed by atoms with Crippen molar-refractivity contribution >= 4 is 59.1 Å². The van der Waals surface area contributed by atoms with Crippen molar-refractivity contribution < 1.29 is 82.2 Å². The van der Waals surface area contributed by atoms with Crippen LogP contribution in [-0.4, -0.2) is 159 Å². The van der Waals surface area contributed by atoms with Gasteiger partial charge in [0.15, 0.2) is 0 Å². The molecule has 0 saturated heterocycles. The highest BCUT2D eigenvalue weighted by molar-refractivity contribution is 5.88. The van der Waals surface area contributed by atoms with Crippen LogP contribution in [0.25, 0.3) is 0 Å². The molecule has 0 aliphatic heterocycles. The molecular weight excluding hydrogens is 909 g/mol. The number of carboxylic acids is 3. The van der Waals surface area contributed by atoms with Crippen LogP contribution in [0.3, 0.4) is 0 Å². The molecule has 0 fully saturated rings. The zero-order valence-electron chi connectivity index (χ0n) is 40.5. The van der Waals surface area contributed by atoms with Gasteiger partial charge in [0, 0.05) is 45.2 Å². The third-order valence-corrected chi connectivity index (χ3v) is 10.4. The molecule has 6 amide bonds. The first-order valence-corrected chi connectivity index (χ1v) is 24.2. The van der Waals surface area contributed by atoms with Gasteiger partial charge in [0.05, 0.1) is 39.6 Å². The van der Waals surface area contributed by atoms with Crippen LogP contribution in [-0.2, 0) is 66.9 Å². The summed E-state index contributed by atoms with van der Waals surface area (Å²) in [6, 6.07) is -3.67. The van der Waals surface area contributed by atoms with E-state index in [2.05, 4.69) is 26.6 Å². The first-order valence-electron chi connectivity index (χ1n) is 24.2. The number of ketones is 1. The van der Waals surface area contributed by atoms with Gasteiger partial charge in [-0.15, -0.1) is 0 Å². The van der Waals surface area contributed by atoms with E-state index in [0.717, 1.165) is 51.4 Å². The number of unbranched alkanes of at least 4 members (excludes halogenated alkanes) is 13. The molecular formula is C46H80N6O17. The fraction of sp³-hybridized carbons (Fsp3) is 0.783. The topological polar surface area (TPSA) is 354 Å². The van der Waals surface area contributed by atoms with Gasteiger partial charge in [-0.2, -0.15) is 0 Å². The molecule has 396 valence electrons. The lowest BCUT2D eigenvalue weighted by atomic mass is 10.0. The predicted molar refractivity (Wildman–Crippen MR) is 249 cm³/mol. The van der Waals surface area contributed by atoms with E-state index in [4.69, 9.17) is 34.9 Å². The molecule has 69 heavy (non-hydrogen) atoms. The molecule has 23 heteroatoms. The van der Waals surface area contributed by atoms with Crippen LogP contribution in [0.5, 0.6) is 0 Å². The lowest BCUT2D eigenvalue weighted by Crippen LogP contribution is -2.46. The summed E-state index contributed by atoms with van der Waals surface area (Å²) in [5.41, 5.74) is 5.45. The Balaban J connectivity index is 3.98. The van der Waals surface area contributed by atoms with Crippen molar-refractivity contribution in [2.45, 2.75) is 166 Å².